The summed E-state index contributed by atoms with van der Waals surface area (Å²) in [6.45, 7) is 7.76. The second-order valence-corrected chi connectivity index (χ2v) is 5.83. The third kappa shape index (κ3) is 5.47. The summed E-state index contributed by atoms with van der Waals surface area (Å²) >= 11 is 0. The first kappa shape index (κ1) is 15.3. The predicted molar refractivity (Wildman–Crippen MR) is 79.9 cm³/mol. The van der Waals surface area contributed by atoms with Gasteiger partial charge in [0.15, 0.2) is 0 Å². The van der Waals surface area contributed by atoms with Crippen molar-refractivity contribution in [2.45, 2.75) is 45.8 Å². The van der Waals surface area contributed by atoms with Gasteiger partial charge in [-0.3, -0.25) is 0 Å². The number of pyridine rings is 1. The van der Waals surface area contributed by atoms with Crippen molar-refractivity contribution in [2.75, 3.05) is 19.8 Å². The molecule has 0 aromatic carbocycles. The average molecular weight is 278 g/mol. The van der Waals surface area contributed by atoms with Crippen molar-refractivity contribution in [2.24, 2.45) is 5.92 Å². The van der Waals surface area contributed by atoms with Crippen LogP contribution in [0.25, 0.3) is 0 Å². The van der Waals surface area contributed by atoms with Crippen LogP contribution >= 0.6 is 0 Å². The van der Waals surface area contributed by atoms with E-state index in [-0.39, 0.29) is 6.10 Å². The lowest BCUT2D eigenvalue weighted by Gasteiger charge is -2.22. The van der Waals surface area contributed by atoms with Gasteiger partial charge in [0, 0.05) is 25.4 Å². The Morgan fingerprint density at radius 1 is 1.40 bits per heavy atom. The van der Waals surface area contributed by atoms with Crippen LogP contribution in [0.1, 0.15) is 38.7 Å². The molecular formula is C16H26N2O2. The zero-order valence-corrected chi connectivity index (χ0v) is 12.6. The van der Waals surface area contributed by atoms with E-state index >= 15 is 0 Å². The lowest BCUT2D eigenvalue weighted by molar-refractivity contribution is -0.0119. The van der Waals surface area contributed by atoms with Gasteiger partial charge in [-0.15, -0.1) is 0 Å². The molecule has 1 aromatic rings. The molecule has 20 heavy (non-hydrogen) atoms. The van der Waals surface area contributed by atoms with E-state index in [0.717, 1.165) is 26.1 Å². The summed E-state index contributed by atoms with van der Waals surface area (Å²) < 4.78 is 11.3. The summed E-state index contributed by atoms with van der Waals surface area (Å²) in [5.74, 6) is 1.35. The van der Waals surface area contributed by atoms with Crippen LogP contribution in [0.3, 0.4) is 0 Å². The van der Waals surface area contributed by atoms with E-state index in [1.54, 1.807) is 0 Å². The van der Waals surface area contributed by atoms with Crippen molar-refractivity contribution < 1.29 is 9.47 Å². The highest BCUT2D eigenvalue weighted by Gasteiger charge is 2.14. The second-order valence-electron chi connectivity index (χ2n) is 5.83. The van der Waals surface area contributed by atoms with Gasteiger partial charge in [0.05, 0.1) is 6.10 Å². The van der Waals surface area contributed by atoms with Gasteiger partial charge >= 0.3 is 0 Å². The molecular weight excluding hydrogens is 252 g/mol. The Kier molecular flexibility index (Phi) is 6.27. The molecule has 0 radical (unpaired) electrons. The second kappa shape index (κ2) is 8.22. The molecule has 1 aliphatic heterocycles. The quantitative estimate of drug-likeness (QED) is 0.833. The Labute approximate surface area is 121 Å². The van der Waals surface area contributed by atoms with Crippen molar-refractivity contribution >= 4 is 0 Å². The normalized spacial score (nSPS) is 19.2. The van der Waals surface area contributed by atoms with E-state index < -0.39 is 0 Å². The number of ether oxygens (including phenoxy) is 2. The van der Waals surface area contributed by atoms with Gasteiger partial charge < -0.3 is 14.8 Å². The highest BCUT2D eigenvalue weighted by atomic mass is 16.5. The van der Waals surface area contributed by atoms with Crippen molar-refractivity contribution in [3.63, 3.8) is 0 Å². The molecule has 1 aromatic heterocycles. The molecule has 112 valence electrons. The fraction of sp³-hybridized carbons (Fsp3) is 0.688. The summed E-state index contributed by atoms with van der Waals surface area (Å²) in [6, 6.07) is 4.01. The highest BCUT2D eigenvalue weighted by Crippen LogP contribution is 2.14. The van der Waals surface area contributed by atoms with Crippen LogP contribution in [0.2, 0.25) is 0 Å². The Bertz CT molecular complexity index is 373. The molecule has 0 spiro atoms. The smallest absolute Gasteiger partial charge is 0.213 e. The van der Waals surface area contributed by atoms with Gasteiger partial charge in [-0.1, -0.05) is 19.9 Å². The summed E-state index contributed by atoms with van der Waals surface area (Å²) in [7, 11) is 0. The monoisotopic (exact) mass is 278 g/mol. The third-order valence-corrected chi connectivity index (χ3v) is 3.37. The van der Waals surface area contributed by atoms with Gasteiger partial charge in [0.2, 0.25) is 5.88 Å². The topological polar surface area (TPSA) is 43.4 Å². The SMILES string of the molecule is CC(C)CNCc1ccc(OCC2CCCCO2)nc1. The van der Waals surface area contributed by atoms with Crippen LogP contribution in [0, 0.1) is 5.92 Å². The molecule has 0 amide bonds. The van der Waals surface area contributed by atoms with E-state index in [2.05, 4.69) is 30.2 Å². The maximum atomic E-state index is 5.69. The maximum absolute atomic E-state index is 5.69. The minimum absolute atomic E-state index is 0.234. The molecule has 4 nitrogen and oxygen atoms in total. The zero-order valence-electron chi connectivity index (χ0n) is 12.6. The van der Waals surface area contributed by atoms with Crippen LogP contribution in [0.15, 0.2) is 18.3 Å². The van der Waals surface area contributed by atoms with E-state index in [0.29, 0.717) is 18.4 Å². The summed E-state index contributed by atoms with van der Waals surface area (Å²) in [5.41, 5.74) is 1.19. The number of nitrogens with one attached hydrogen (secondary N) is 1. The Balaban J connectivity index is 1.70. The van der Waals surface area contributed by atoms with Gasteiger partial charge in [-0.2, -0.15) is 0 Å². The minimum atomic E-state index is 0.234. The molecule has 0 saturated carbocycles. The number of hydrogen-bond donors (Lipinski definition) is 1. The van der Waals surface area contributed by atoms with Crippen molar-refractivity contribution in [3.8, 4) is 5.88 Å². The zero-order chi connectivity index (χ0) is 14.2. The third-order valence-electron chi connectivity index (χ3n) is 3.37. The number of hydrogen-bond acceptors (Lipinski definition) is 4. The fourth-order valence-corrected chi connectivity index (χ4v) is 2.22. The summed E-state index contributed by atoms with van der Waals surface area (Å²) in [5, 5.41) is 3.40. The Morgan fingerprint density at radius 2 is 2.30 bits per heavy atom. The van der Waals surface area contributed by atoms with Crippen LogP contribution in [0.4, 0.5) is 0 Å². The van der Waals surface area contributed by atoms with E-state index in [1.165, 1.54) is 18.4 Å². The predicted octanol–water partition coefficient (Wildman–Crippen LogP) is 2.78. The van der Waals surface area contributed by atoms with Crippen LogP contribution in [-0.4, -0.2) is 30.8 Å². The minimum Gasteiger partial charge on any atom is -0.475 e. The van der Waals surface area contributed by atoms with Crippen LogP contribution < -0.4 is 10.1 Å². The summed E-state index contributed by atoms with van der Waals surface area (Å²) in [4.78, 5) is 4.34. The first-order valence-electron chi connectivity index (χ1n) is 7.64. The van der Waals surface area contributed by atoms with Gasteiger partial charge in [-0.25, -0.2) is 4.98 Å². The average Bonchev–Trinajstić information content (AvgIpc) is 2.47. The molecule has 1 unspecified atom stereocenters. The molecule has 1 saturated heterocycles. The number of nitrogens with zero attached hydrogens (tertiary/aromatic N) is 1. The fourth-order valence-electron chi connectivity index (χ4n) is 2.22. The molecule has 0 bridgehead atoms. The highest BCUT2D eigenvalue weighted by molar-refractivity contribution is 5.17. The molecule has 4 heteroatoms. The molecule has 1 N–H and O–H groups in total. The first-order valence-corrected chi connectivity index (χ1v) is 7.64. The Morgan fingerprint density at radius 3 is 2.95 bits per heavy atom. The molecule has 1 fully saturated rings. The molecule has 2 rings (SSSR count). The van der Waals surface area contributed by atoms with E-state index in [1.807, 2.05) is 12.3 Å². The molecule has 1 atom stereocenters. The lowest BCUT2D eigenvalue weighted by Crippen LogP contribution is -2.26. The Hall–Kier alpha value is -1.13. The number of rotatable bonds is 7. The first-order chi connectivity index (χ1) is 9.74. The maximum Gasteiger partial charge on any atom is 0.213 e. The molecule has 1 aliphatic rings. The van der Waals surface area contributed by atoms with Gasteiger partial charge in [-0.05, 0) is 37.3 Å². The van der Waals surface area contributed by atoms with Crippen molar-refractivity contribution in [1.82, 2.24) is 10.3 Å². The largest absolute Gasteiger partial charge is 0.475 e. The van der Waals surface area contributed by atoms with E-state index in [4.69, 9.17) is 9.47 Å². The standard InChI is InChI=1S/C16H26N2O2/c1-13(2)9-17-10-14-6-7-16(18-11-14)20-12-15-5-3-4-8-19-15/h6-7,11,13,15,17H,3-5,8-10,12H2,1-2H3. The van der Waals surface area contributed by atoms with Gasteiger partial charge in [0.1, 0.15) is 6.61 Å². The lowest BCUT2D eigenvalue weighted by atomic mass is 10.1. The number of aromatic nitrogens is 1. The van der Waals surface area contributed by atoms with Crippen LogP contribution in [-0.2, 0) is 11.3 Å². The molecule has 0 aliphatic carbocycles. The van der Waals surface area contributed by atoms with E-state index in [9.17, 15) is 0 Å². The molecule has 2 heterocycles. The van der Waals surface area contributed by atoms with Crippen molar-refractivity contribution in [3.05, 3.63) is 23.9 Å². The van der Waals surface area contributed by atoms with Crippen LogP contribution in [0.5, 0.6) is 5.88 Å². The van der Waals surface area contributed by atoms with Crippen molar-refractivity contribution in [1.29, 1.82) is 0 Å². The summed E-state index contributed by atoms with van der Waals surface area (Å²) in [6.07, 6.45) is 5.62. The van der Waals surface area contributed by atoms with Gasteiger partial charge in [0.25, 0.3) is 0 Å².